The molecule has 2 heterocycles. The van der Waals surface area contributed by atoms with E-state index in [2.05, 4.69) is 34.8 Å². The van der Waals surface area contributed by atoms with Crippen LogP contribution >= 0.6 is 33.9 Å². The minimum absolute atomic E-state index is 0.0388. The van der Waals surface area contributed by atoms with Crippen LogP contribution in [0.2, 0.25) is 0 Å². The zero-order valence-electron chi connectivity index (χ0n) is 9.79. The summed E-state index contributed by atoms with van der Waals surface area (Å²) in [7, 11) is 0. The molecule has 3 nitrogen and oxygen atoms in total. The van der Waals surface area contributed by atoms with Gasteiger partial charge in [0.05, 0.1) is 8.45 Å². The number of nitrogens with one attached hydrogen (secondary N) is 1. The summed E-state index contributed by atoms with van der Waals surface area (Å²) in [5.41, 5.74) is 0.965. The minimum Gasteiger partial charge on any atom is -0.381 e. The van der Waals surface area contributed by atoms with Gasteiger partial charge in [-0.05, 0) is 46.9 Å². The van der Waals surface area contributed by atoms with E-state index in [0.29, 0.717) is 0 Å². The van der Waals surface area contributed by atoms with Gasteiger partial charge in [0.2, 0.25) is 0 Å². The first-order valence-electron chi connectivity index (χ1n) is 5.69. The summed E-state index contributed by atoms with van der Waals surface area (Å²) < 4.78 is 6.49. The summed E-state index contributed by atoms with van der Waals surface area (Å²) >= 11 is 3.83. The molecule has 0 saturated carbocycles. The lowest BCUT2D eigenvalue weighted by Gasteiger charge is -2.33. The normalized spacial score (nSPS) is 18.9. The van der Waals surface area contributed by atoms with Crippen LogP contribution in [0.15, 0.2) is 11.4 Å². The predicted octanol–water partition coefficient (Wildman–Crippen LogP) is 2.90. The Balaban J connectivity index is 1.87. The lowest BCUT2D eigenvalue weighted by Crippen LogP contribution is -2.39. The molecule has 1 fully saturated rings. The van der Waals surface area contributed by atoms with Crippen LogP contribution in [0.3, 0.4) is 0 Å². The fourth-order valence-electron chi connectivity index (χ4n) is 1.87. The molecule has 5 heteroatoms. The lowest BCUT2D eigenvalue weighted by molar-refractivity contribution is 0.0238. The van der Waals surface area contributed by atoms with Gasteiger partial charge in [-0.2, -0.15) is 0 Å². The molecule has 1 N–H and O–H groups in total. The van der Waals surface area contributed by atoms with Gasteiger partial charge in [-0.1, -0.05) is 6.92 Å². The van der Waals surface area contributed by atoms with Crippen molar-refractivity contribution in [3.63, 3.8) is 0 Å². The van der Waals surface area contributed by atoms with Crippen molar-refractivity contribution >= 4 is 39.8 Å². The summed E-state index contributed by atoms with van der Waals surface area (Å²) in [6.07, 6.45) is 2.04. The average molecular weight is 365 g/mol. The molecular weight excluding hydrogens is 349 g/mol. The molecule has 0 aliphatic carbocycles. The van der Waals surface area contributed by atoms with Gasteiger partial charge >= 0.3 is 0 Å². The summed E-state index contributed by atoms with van der Waals surface area (Å²) in [5.74, 6) is 0.0388. The second kappa shape index (κ2) is 5.67. The van der Waals surface area contributed by atoms with E-state index in [0.717, 1.165) is 41.0 Å². The van der Waals surface area contributed by atoms with Gasteiger partial charge in [-0.3, -0.25) is 4.79 Å². The zero-order valence-corrected chi connectivity index (χ0v) is 12.8. The van der Waals surface area contributed by atoms with Gasteiger partial charge in [-0.15, -0.1) is 11.3 Å². The van der Waals surface area contributed by atoms with Crippen molar-refractivity contribution in [2.24, 2.45) is 5.41 Å². The van der Waals surface area contributed by atoms with Crippen LogP contribution in [0.4, 0.5) is 0 Å². The molecule has 1 aliphatic heterocycles. The topological polar surface area (TPSA) is 38.3 Å². The van der Waals surface area contributed by atoms with Crippen LogP contribution in [0, 0.1) is 8.30 Å². The molecule has 0 atom stereocenters. The molecule has 17 heavy (non-hydrogen) atoms. The molecule has 1 amide bonds. The van der Waals surface area contributed by atoms with Crippen LogP contribution in [0.25, 0.3) is 0 Å². The van der Waals surface area contributed by atoms with Gasteiger partial charge < -0.3 is 10.1 Å². The van der Waals surface area contributed by atoms with Crippen LogP contribution in [-0.4, -0.2) is 25.7 Å². The Hall–Kier alpha value is -0.140. The number of rotatable bonds is 3. The predicted molar refractivity (Wildman–Crippen MR) is 77.5 cm³/mol. The Morgan fingerprint density at radius 2 is 2.29 bits per heavy atom. The molecule has 2 rings (SSSR count). The maximum atomic E-state index is 11.9. The van der Waals surface area contributed by atoms with E-state index in [-0.39, 0.29) is 11.3 Å². The number of thiophene rings is 1. The van der Waals surface area contributed by atoms with Crippen LogP contribution in [0.1, 0.15) is 30.1 Å². The molecule has 0 aromatic carbocycles. The second-order valence-corrected chi connectivity index (χ2v) is 7.55. The third-order valence-corrected chi connectivity index (χ3v) is 4.99. The maximum Gasteiger partial charge on any atom is 0.252 e. The molecule has 1 aromatic rings. The Bertz CT molecular complexity index is 399. The van der Waals surface area contributed by atoms with Crippen molar-refractivity contribution in [3.05, 3.63) is 19.9 Å². The molecule has 0 unspecified atom stereocenters. The molecule has 0 bridgehead atoms. The molecule has 94 valence electrons. The van der Waals surface area contributed by atoms with Crippen molar-refractivity contribution in [1.82, 2.24) is 5.32 Å². The van der Waals surface area contributed by atoms with Gasteiger partial charge in [0, 0.05) is 25.1 Å². The van der Waals surface area contributed by atoms with Crippen molar-refractivity contribution in [2.75, 3.05) is 19.8 Å². The van der Waals surface area contributed by atoms with Crippen LogP contribution < -0.4 is 5.32 Å². The van der Waals surface area contributed by atoms with E-state index in [4.69, 9.17) is 4.74 Å². The summed E-state index contributed by atoms with van der Waals surface area (Å²) in [5, 5.41) is 4.94. The summed E-state index contributed by atoms with van der Waals surface area (Å²) in [6.45, 7) is 4.57. The Kier molecular flexibility index (Phi) is 4.43. The van der Waals surface area contributed by atoms with Crippen molar-refractivity contribution in [2.45, 2.75) is 19.8 Å². The number of hydrogen-bond acceptors (Lipinski definition) is 3. The fraction of sp³-hybridized carbons (Fsp3) is 0.583. The summed E-state index contributed by atoms with van der Waals surface area (Å²) in [6, 6.07) is 1.92. The molecule has 0 radical (unpaired) electrons. The fourth-order valence-corrected chi connectivity index (χ4v) is 3.19. The Labute approximate surface area is 119 Å². The van der Waals surface area contributed by atoms with Crippen LogP contribution in [0.5, 0.6) is 0 Å². The maximum absolute atomic E-state index is 11.9. The van der Waals surface area contributed by atoms with Gasteiger partial charge in [0.15, 0.2) is 0 Å². The third-order valence-electron chi connectivity index (χ3n) is 3.21. The molecule has 1 aromatic heterocycles. The van der Waals surface area contributed by atoms with E-state index in [1.807, 2.05) is 11.4 Å². The second-order valence-electron chi connectivity index (χ2n) is 4.75. The molecule has 0 spiro atoms. The number of ether oxygens (including phenoxy) is 1. The SMILES string of the molecule is CC1(CNC(=O)c2csc(I)c2)CCOCC1. The number of amides is 1. The summed E-state index contributed by atoms with van der Waals surface area (Å²) in [4.78, 5) is 11.9. The quantitative estimate of drug-likeness (QED) is 0.837. The first-order chi connectivity index (χ1) is 8.09. The lowest BCUT2D eigenvalue weighted by atomic mass is 9.82. The molecular formula is C12H16INO2S. The van der Waals surface area contributed by atoms with Gasteiger partial charge in [0.1, 0.15) is 0 Å². The van der Waals surface area contributed by atoms with Crippen molar-refractivity contribution < 1.29 is 9.53 Å². The highest BCUT2D eigenvalue weighted by Gasteiger charge is 2.27. The molecule has 1 saturated heterocycles. The van der Waals surface area contributed by atoms with E-state index in [9.17, 15) is 4.79 Å². The highest BCUT2D eigenvalue weighted by Crippen LogP contribution is 2.28. The highest BCUT2D eigenvalue weighted by molar-refractivity contribution is 14.1. The van der Waals surface area contributed by atoms with Crippen molar-refractivity contribution in [3.8, 4) is 0 Å². The van der Waals surface area contributed by atoms with Gasteiger partial charge in [-0.25, -0.2) is 0 Å². The van der Waals surface area contributed by atoms with E-state index in [1.54, 1.807) is 11.3 Å². The monoisotopic (exact) mass is 365 g/mol. The Morgan fingerprint density at radius 3 is 2.88 bits per heavy atom. The minimum atomic E-state index is 0.0388. The van der Waals surface area contributed by atoms with Crippen molar-refractivity contribution in [1.29, 1.82) is 0 Å². The van der Waals surface area contributed by atoms with Gasteiger partial charge in [0.25, 0.3) is 5.91 Å². The highest BCUT2D eigenvalue weighted by atomic mass is 127. The zero-order chi connectivity index (χ0) is 12.3. The number of carbonyl (C=O) groups is 1. The van der Waals surface area contributed by atoms with E-state index in [1.165, 1.54) is 0 Å². The average Bonchev–Trinajstić information content (AvgIpc) is 2.74. The molecule has 1 aliphatic rings. The largest absolute Gasteiger partial charge is 0.381 e. The van der Waals surface area contributed by atoms with E-state index < -0.39 is 0 Å². The Morgan fingerprint density at radius 1 is 1.59 bits per heavy atom. The first-order valence-corrected chi connectivity index (χ1v) is 7.65. The standard InChI is InChI=1S/C12H16INO2S/c1-12(2-4-16-5-3-12)8-14-11(15)9-6-10(13)17-7-9/h6-7H,2-5,8H2,1H3,(H,14,15). The third kappa shape index (κ3) is 3.66. The number of halogens is 1. The van der Waals surface area contributed by atoms with Crippen LogP contribution in [-0.2, 0) is 4.74 Å². The number of carbonyl (C=O) groups excluding carboxylic acids is 1. The smallest absolute Gasteiger partial charge is 0.252 e. The number of hydrogen-bond donors (Lipinski definition) is 1. The van der Waals surface area contributed by atoms with E-state index >= 15 is 0 Å². The first kappa shape index (κ1) is 13.3.